The molecule has 3 aromatic rings. The van der Waals surface area contributed by atoms with Crippen molar-refractivity contribution >= 4 is 23.5 Å². The van der Waals surface area contributed by atoms with Crippen molar-refractivity contribution in [2.24, 2.45) is 0 Å². The first-order valence-corrected chi connectivity index (χ1v) is 9.75. The third-order valence-corrected chi connectivity index (χ3v) is 5.34. The van der Waals surface area contributed by atoms with Gasteiger partial charge in [0.15, 0.2) is 0 Å². The van der Waals surface area contributed by atoms with E-state index in [-0.39, 0.29) is 17.9 Å². The van der Waals surface area contributed by atoms with E-state index >= 15 is 0 Å². The van der Waals surface area contributed by atoms with Crippen LogP contribution in [0.4, 0.5) is 5.95 Å². The maximum atomic E-state index is 13.2. The molecule has 1 aliphatic rings. The fourth-order valence-electron chi connectivity index (χ4n) is 3.72. The smallest absolute Gasteiger partial charge is 0.254 e. The Bertz CT molecular complexity index is 976. The van der Waals surface area contributed by atoms with Crippen molar-refractivity contribution in [2.75, 3.05) is 12.3 Å². The summed E-state index contributed by atoms with van der Waals surface area (Å²) < 4.78 is 0. The summed E-state index contributed by atoms with van der Waals surface area (Å²) in [6, 6.07) is 16.8. The largest absolute Gasteiger partial charge is 0.368 e. The minimum Gasteiger partial charge on any atom is -0.368 e. The van der Waals surface area contributed by atoms with Gasteiger partial charge in [-0.05, 0) is 49.1 Å². The molecule has 1 aliphatic heterocycles. The van der Waals surface area contributed by atoms with Crippen molar-refractivity contribution in [1.82, 2.24) is 14.9 Å². The number of rotatable bonds is 3. The third kappa shape index (κ3) is 3.71. The first-order valence-electron chi connectivity index (χ1n) is 9.38. The van der Waals surface area contributed by atoms with Crippen molar-refractivity contribution in [3.05, 3.63) is 77.1 Å². The Morgan fingerprint density at radius 1 is 1.07 bits per heavy atom. The van der Waals surface area contributed by atoms with E-state index in [0.29, 0.717) is 17.1 Å². The molecule has 1 fully saturated rings. The van der Waals surface area contributed by atoms with Crippen molar-refractivity contribution in [3.8, 4) is 11.1 Å². The number of amides is 1. The lowest BCUT2D eigenvalue weighted by atomic mass is 9.93. The molecule has 1 atom stereocenters. The lowest BCUT2D eigenvalue weighted by Crippen LogP contribution is -2.39. The summed E-state index contributed by atoms with van der Waals surface area (Å²) in [4.78, 5) is 23.9. The highest BCUT2D eigenvalue weighted by molar-refractivity contribution is 6.30. The molecule has 1 saturated heterocycles. The molecule has 5 nitrogen and oxygen atoms in total. The van der Waals surface area contributed by atoms with Gasteiger partial charge in [0.25, 0.3) is 5.91 Å². The summed E-state index contributed by atoms with van der Waals surface area (Å²) in [5, 5.41) is 0.667. The van der Waals surface area contributed by atoms with Gasteiger partial charge >= 0.3 is 0 Å². The summed E-state index contributed by atoms with van der Waals surface area (Å²) in [6.45, 7) is 0.697. The molecule has 2 N–H and O–H groups in total. The molecule has 0 aliphatic carbocycles. The van der Waals surface area contributed by atoms with Crippen LogP contribution in [0, 0.1) is 0 Å². The number of nitrogen functional groups attached to an aromatic ring is 1. The van der Waals surface area contributed by atoms with Crippen LogP contribution < -0.4 is 5.73 Å². The van der Waals surface area contributed by atoms with Crippen LogP contribution in [0.15, 0.2) is 60.8 Å². The molecule has 1 amide bonds. The second-order valence-corrected chi connectivity index (χ2v) is 7.35. The van der Waals surface area contributed by atoms with Crippen molar-refractivity contribution in [3.63, 3.8) is 0 Å². The van der Waals surface area contributed by atoms with Crippen molar-refractivity contribution in [1.29, 1.82) is 0 Å². The van der Waals surface area contributed by atoms with E-state index in [0.717, 1.165) is 36.1 Å². The molecule has 1 aromatic heterocycles. The Labute approximate surface area is 169 Å². The molecule has 0 bridgehead atoms. The number of halogens is 1. The van der Waals surface area contributed by atoms with E-state index in [1.165, 1.54) is 0 Å². The molecule has 4 rings (SSSR count). The van der Waals surface area contributed by atoms with Crippen LogP contribution in [-0.2, 0) is 0 Å². The lowest BCUT2D eigenvalue weighted by molar-refractivity contribution is 0.0607. The van der Waals surface area contributed by atoms with Crippen LogP contribution in [0.25, 0.3) is 11.1 Å². The Balaban J connectivity index is 1.76. The predicted octanol–water partition coefficient (Wildman–Crippen LogP) is 4.75. The van der Waals surface area contributed by atoms with E-state index in [4.69, 9.17) is 17.3 Å². The van der Waals surface area contributed by atoms with Gasteiger partial charge in [0.05, 0.1) is 11.7 Å². The second-order valence-electron chi connectivity index (χ2n) is 6.91. The summed E-state index contributed by atoms with van der Waals surface area (Å²) in [5.41, 5.74) is 9.23. The average Bonchev–Trinajstić information content (AvgIpc) is 2.74. The minimum atomic E-state index is -0.141. The molecule has 142 valence electrons. The van der Waals surface area contributed by atoms with E-state index in [2.05, 4.69) is 9.97 Å². The number of benzene rings is 2. The zero-order chi connectivity index (χ0) is 19.5. The van der Waals surface area contributed by atoms with E-state index in [1.807, 2.05) is 59.5 Å². The molecule has 2 aromatic carbocycles. The second kappa shape index (κ2) is 7.98. The van der Waals surface area contributed by atoms with E-state index in [9.17, 15) is 4.79 Å². The van der Waals surface area contributed by atoms with Gasteiger partial charge in [-0.15, -0.1) is 0 Å². The zero-order valence-electron chi connectivity index (χ0n) is 15.4. The van der Waals surface area contributed by atoms with Gasteiger partial charge < -0.3 is 10.6 Å². The molecule has 0 unspecified atom stereocenters. The molecule has 28 heavy (non-hydrogen) atoms. The highest BCUT2D eigenvalue weighted by atomic mass is 35.5. The monoisotopic (exact) mass is 392 g/mol. The number of hydrogen-bond acceptors (Lipinski definition) is 4. The Hall–Kier alpha value is -2.92. The number of likely N-dealkylation sites (tertiary alicyclic amines) is 1. The maximum absolute atomic E-state index is 13.2. The van der Waals surface area contributed by atoms with Gasteiger partial charge in [-0.3, -0.25) is 4.79 Å². The van der Waals surface area contributed by atoms with Gasteiger partial charge in [-0.25, -0.2) is 9.97 Å². The predicted molar refractivity (Wildman–Crippen MR) is 111 cm³/mol. The molecule has 0 saturated carbocycles. The van der Waals surface area contributed by atoms with Crippen molar-refractivity contribution < 1.29 is 4.79 Å². The van der Waals surface area contributed by atoms with Crippen LogP contribution in [-0.4, -0.2) is 27.3 Å². The van der Waals surface area contributed by atoms with Crippen LogP contribution in [0.3, 0.4) is 0 Å². The Morgan fingerprint density at radius 2 is 1.82 bits per heavy atom. The number of carbonyl (C=O) groups excluding carboxylic acids is 1. The van der Waals surface area contributed by atoms with Gasteiger partial charge in [0.1, 0.15) is 0 Å². The SMILES string of the molecule is Nc1ncc(-c2ccc(Cl)cc2)c([C@@H]2CCCCN2C(=O)c2ccccc2)n1. The number of anilines is 1. The standard InChI is InChI=1S/C22H21ClN4O/c23-17-11-9-15(10-12-17)18-14-25-22(24)26-20(18)19-8-4-5-13-27(19)21(28)16-6-2-1-3-7-16/h1-3,6-7,9-12,14,19H,4-5,8,13H2,(H2,24,25,26)/t19-/m0/s1. The van der Waals surface area contributed by atoms with Gasteiger partial charge in [0, 0.05) is 28.9 Å². The lowest BCUT2D eigenvalue weighted by Gasteiger charge is -2.36. The average molecular weight is 393 g/mol. The number of carbonyl (C=O) groups is 1. The van der Waals surface area contributed by atoms with E-state index < -0.39 is 0 Å². The molecular formula is C22H21ClN4O. The summed E-state index contributed by atoms with van der Waals surface area (Å²) >= 11 is 6.04. The van der Waals surface area contributed by atoms with Crippen LogP contribution in [0.2, 0.25) is 5.02 Å². The first-order chi connectivity index (χ1) is 13.6. The number of hydrogen-bond donors (Lipinski definition) is 1. The topological polar surface area (TPSA) is 72.1 Å². The molecular weight excluding hydrogens is 372 g/mol. The summed E-state index contributed by atoms with van der Waals surface area (Å²) in [5.74, 6) is 0.231. The molecule has 6 heteroatoms. The van der Waals surface area contributed by atoms with Crippen LogP contribution in [0.1, 0.15) is 41.4 Å². The quantitative estimate of drug-likeness (QED) is 0.698. The summed E-state index contributed by atoms with van der Waals surface area (Å²) in [7, 11) is 0. The number of piperidine rings is 1. The normalized spacial score (nSPS) is 16.8. The minimum absolute atomic E-state index is 0.0181. The number of nitrogens with two attached hydrogens (primary N) is 1. The molecule has 0 spiro atoms. The molecule has 2 heterocycles. The number of aromatic nitrogens is 2. The molecule has 0 radical (unpaired) electrons. The van der Waals surface area contributed by atoms with E-state index in [1.54, 1.807) is 6.20 Å². The third-order valence-electron chi connectivity index (χ3n) is 5.09. The Kier molecular flexibility index (Phi) is 5.26. The van der Waals surface area contributed by atoms with Crippen LogP contribution in [0.5, 0.6) is 0 Å². The highest BCUT2D eigenvalue weighted by Gasteiger charge is 2.31. The zero-order valence-corrected chi connectivity index (χ0v) is 16.1. The Morgan fingerprint density at radius 3 is 2.57 bits per heavy atom. The van der Waals surface area contributed by atoms with Crippen LogP contribution >= 0.6 is 11.6 Å². The fourth-order valence-corrected chi connectivity index (χ4v) is 3.85. The fraction of sp³-hybridized carbons (Fsp3) is 0.227. The van der Waals surface area contributed by atoms with Gasteiger partial charge in [-0.1, -0.05) is 41.9 Å². The highest BCUT2D eigenvalue weighted by Crippen LogP contribution is 2.37. The first kappa shape index (κ1) is 18.4. The van der Waals surface area contributed by atoms with Crippen molar-refractivity contribution in [2.45, 2.75) is 25.3 Å². The number of nitrogens with zero attached hydrogens (tertiary/aromatic N) is 3. The maximum Gasteiger partial charge on any atom is 0.254 e. The summed E-state index contributed by atoms with van der Waals surface area (Å²) in [6.07, 6.45) is 4.59. The van der Waals surface area contributed by atoms with Gasteiger partial charge in [-0.2, -0.15) is 0 Å². The van der Waals surface area contributed by atoms with Gasteiger partial charge in [0.2, 0.25) is 5.95 Å².